The van der Waals surface area contributed by atoms with Crippen molar-refractivity contribution in [3.63, 3.8) is 0 Å². The normalized spacial score (nSPS) is 18.5. The fraction of sp³-hybridized carbons (Fsp3) is 0.222. The van der Waals surface area contributed by atoms with E-state index in [-0.39, 0.29) is 0 Å². The largest absolute Gasteiger partial charge is 0.411 e. The van der Waals surface area contributed by atoms with Gasteiger partial charge in [-0.2, -0.15) is 0 Å². The number of rotatable bonds is 0. The van der Waals surface area contributed by atoms with Crippen molar-refractivity contribution >= 4 is 11.4 Å². The molecule has 3 nitrogen and oxygen atoms in total. The second-order valence-electron chi connectivity index (χ2n) is 2.77. The van der Waals surface area contributed by atoms with Crippen LogP contribution in [0.15, 0.2) is 29.4 Å². The maximum absolute atomic E-state index is 8.70. The zero-order chi connectivity index (χ0) is 8.39. The smallest absolute Gasteiger partial charge is 0.0906 e. The van der Waals surface area contributed by atoms with Gasteiger partial charge in [-0.15, -0.1) is 0 Å². The highest BCUT2D eigenvalue weighted by atomic mass is 16.4. The Morgan fingerprint density at radius 3 is 3.00 bits per heavy atom. The zero-order valence-corrected chi connectivity index (χ0v) is 6.62. The van der Waals surface area contributed by atoms with Crippen LogP contribution in [0.2, 0.25) is 0 Å². The third-order valence-electron chi connectivity index (χ3n) is 2.04. The molecule has 1 heterocycles. The molecule has 0 aliphatic carbocycles. The molecule has 0 fully saturated rings. The van der Waals surface area contributed by atoms with E-state index in [1.54, 1.807) is 0 Å². The lowest BCUT2D eigenvalue weighted by Gasteiger charge is -2.17. The summed E-state index contributed by atoms with van der Waals surface area (Å²) in [4.78, 5) is 0. The maximum Gasteiger partial charge on any atom is 0.0906 e. The average Bonchev–Trinajstić information content (AvgIpc) is 2.17. The average molecular weight is 162 g/mol. The fourth-order valence-electron chi connectivity index (χ4n) is 1.44. The Bertz CT molecular complexity index is 320. The van der Waals surface area contributed by atoms with Gasteiger partial charge in [-0.25, -0.2) is 0 Å². The molecule has 0 radical (unpaired) electrons. The van der Waals surface area contributed by atoms with E-state index in [1.807, 2.05) is 24.3 Å². The number of oxime groups is 1. The topological polar surface area (TPSA) is 44.6 Å². The number of nitrogens with zero attached hydrogens (tertiary/aromatic N) is 1. The zero-order valence-electron chi connectivity index (χ0n) is 6.62. The highest BCUT2D eigenvalue weighted by molar-refractivity contribution is 6.06. The van der Waals surface area contributed by atoms with Gasteiger partial charge in [-0.3, -0.25) is 0 Å². The van der Waals surface area contributed by atoms with Crippen molar-refractivity contribution in [2.75, 3.05) is 11.9 Å². The highest BCUT2D eigenvalue weighted by Gasteiger charge is 2.13. The summed E-state index contributed by atoms with van der Waals surface area (Å²) in [6, 6.07) is 7.85. The third kappa shape index (κ3) is 1.03. The molecule has 0 saturated carbocycles. The van der Waals surface area contributed by atoms with Crippen LogP contribution in [0.1, 0.15) is 12.0 Å². The Balaban J connectivity index is 2.51. The molecule has 0 saturated heterocycles. The van der Waals surface area contributed by atoms with Crippen molar-refractivity contribution in [2.24, 2.45) is 5.16 Å². The minimum Gasteiger partial charge on any atom is -0.411 e. The number of fused-ring (bicyclic) bond motifs is 1. The van der Waals surface area contributed by atoms with Crippen molar-refractivity contribution in [3.8, 4) is 0 Å². The molecule has 0 aromatic heterocycles. The first-order chi connectivity index (χ1) is 5.92. The minimum atomic E-state index is 0.768. The molecule has 2 N–H and O–H groups in total. The van der Waals surface area contributed by atoms with Gasteiger partial charge in [0.2, 0.25) is 0 Å². The Labute approximate surface area is 70.7 Å². The molecule has 0 atom stereocenters. The van der Waals surface area contributed by atoms with Crippen LogP contribution < -0.4 is 5.32 Å². The van der Waals surface area contributed by atoms with E-state index >= 15 is 0 Å². The number of hydrogen-bond donors (Lipinski definition) is 2. The minimum absolute atomic E-state index is 0.768. The molecule has 1 aromatic rings. The lowest BCUT2D eigenvalue weighted by atomic mass is 10.0. The number of nitrogens with one attached hydrogen (secondary N) is 1. The van der Waals surface area contributed by atoms with E-state index < -0.39 is 0 Å². The fourth-order valence-corrected chi connectivity index (χ4v) is 1.44. The predicted octanol–water partition coefficient (Wildman–Crippen LogP) is 1.68. The van der Waals surface area contributed by atoms with Crippen molar-refractivity contribution in [2.45, 2.75) is 6.42 Å². The third-order valence-corrected chi connectivity index (χ3v) is 2.04. The van der Waals surface area contributed by atoms with E-state index in [1.165, 1.54) is 0 Å². The van der Waals surface area contributed by atoms with Crippen LogP contribution in [0.4, 0.5) is 5.69 Å². The molecule has 62 valence electrons. The van der Waals surface area contributed by atoms with Gasteiger partial charge in [0.15, 0.2) is 0 Å². The summed E-state index contributed by atoms with van der Waals surface area (Å²) in [6.45, 7) is 0.844. The number of anilines is 1. The predicted molar refractivity (Wildman–Crippen MR) is 47.9 cm³/mol. The Morgan fingerprint density at radius 1 is 1.33 bits per heavy atom. The Morgan fingerprint density at radius 2 is 2.17 bits per heavy atom. The molecular formula is C9H10N2O. The molecule has 0 unspecified atom stereocenters. The molecule has 12 heavy (non-hydrogen) atoms. The molecular weight excluding hydrogens is 152 g/mol. The summed E-state index contributed by atoms with van der Waals surface area (Å²) in [5.41, 5.74) is 2.83. The molecule has 1 aliphatic rings. The number of para-hydroxylation sites is 1. The van der Waals surface area contributed by atoms with Gasteiger partial charge in [0, 0.05) is 24.2 Å². The van der Waals surface area contributed by atoms with Crippen LogP contribution in [0.3, 0.4) is 0 Å². The summed E-state index contributed by atoms with van der Waals surface area (Å²) < 4.78 is 0. The van der Waals surface area contributed by atoms with Gasteiger partial charge in [0.1, 0.15) is 0 Å². The van der Waals surface area contributed by atoms with Crippen LogP contribution in [0.5, 0.6) is 0 Å². The van der Waals surface area contributed by atoms with Crippen LogP contribution in [0.25, 0.3) is 0 Å². The Kier molecular flexibility index (Phi) is 1.70. The SMILES string of the molecule is O/N=C1/CCNc2ccccc21. The lowest BCUT2D eigenvalue weighted by Crippen LogP contribution is -2.18. The first-order valence-corrected chi connectivity index (χ1v) is 3.96. The van der Waals surface area contributed by atoms with Crippen LogP contribution in [-0.4, -0.2) is 17.5 Å². The summed E-state index contributed by atoms with van der Waals surface area (Å²) in [5.74, 6) is 0. The van der Waals surface area contributed by atoms with Gasteiger partial charge < -0.3 is 10.5 Å². The molecule has 3 heteroatoms. The Hall–Kier alpha value is -1.51. The molecule has 0 bridgehead atoms. The van der Waals surface area contributed by atoms with Gasteiger partial charge >= 0.3 is 0 Å². The van der Waals surface area contributed by atoms with Gasteiger partial charge in [-0.05, 0) is 6.07 Å². The summed E-state index contributed by atoms with van der Waals surface area (Å²) in [6.07, 6.45) is 0.785. The van der Waals surface area contributed by atoms with E-state index in [4.69, 9.17) is 5.21 Å². The van der Waals surface area contributed by atoms with Crippen molar-refractivity contribution in [1.29, 1.82) is 0 Å². The van der Waals surface area contributed by atoms with Crippen molar-refractivity contribution in [1.82, 2.24) is 0 Å². The standard InChI is InChI=1S/C9H10N2O/c12-11-9-5-6-10-8-4-2-1-3-7(8)9/h1-4,10,12H,5-6H2/b11-9-. The summed E-state index contributed by atoms with van der Waals surface area (Å²) >= 11 is 0. The van der Waals surface area contributed by atoms with Crippen molar-refractivity contribution < 1.29 is 5.21 Å². The first-order valence-electron chi connectivity index (χ1n) is 3.96. The number of hydrogen-bond acceptors (Lipinski definition) is 3. The molecule has 1 aliphatic heterocycles. The van der Waals surface area contributed by atoms with Crippen LogP contribution >= 0.6 is 0 Å². The highest BCUT2D eigenvalue weighted by Crippen LogP contribution is 2.21. The lowest BCUT2D eigenvalue weighted by molar-refractivity contribution is 0.318. The van der Waals surface area contributed by atoms with E-state index in [2.05, 4.69) is 10.5 Å². The van der Waals surface area contributed by atoms with Gasteiger partial charge in [0.05, 0.1) is 5.71 Å². The molecule has 0 spiro atoms. The van der Waals surface area contributed by atoms with E-state index in [0.29, 0.717) is 0 Å². The van der Waals surface area contributed by atoms with Gasteiger partial charge in [0.25, 0.3) is 0 Å². The van der Waals surface area contributed by atoms with Crippen molar-refractivity contribution in [3.05, 3.63) is 29.8 Å². The second kappa shape index (κ2) is 2.85. The number of benzene rings is 1. The first kappa shape index (κ1) is 7.16. The quantitative estimate of drug-likeness (QED) is 0.450. The summed E-state index contributed by atoms with van der Waals surface area (Å²) in [7, 11) is 0. The van der Waals surface area contributed by atoms with Gasteiger partial charge in [-0.1, -0.05) is 23.4 Å². The maximum atomic E-state index is 8.70. The van der Waals surface area contributed by atoms with Crippen LogP contribution in [-0.2, 0) is 0 Å². The molecule has 0 amide bonds. The second-order valence-corrected chi connectivity index (χ2v) is 2.77. The molecule has 2 rings (SSSR count). The van der Waals surface area contributed by atoms with E-state index in [0.717, 1.165) is 29.9 Å². The monoisotopic (exact) mass is 162 g/mol. The van der Waals surface area contributed by atoms with Crippen LogP contribution in [0, 0.1) is 0 Å². The molecule has 1 aromatic carbocycles. The van der Waals surface area contributed by atoms with E-state index in [9.17, 15) is 0 Å². The summed E-state index contributed by atoms with van der Waals surface area (Å²) in [5, 5.41) is 15.2.